The predicted octanol–water partition coefficient (Wildman–Crippen LogP) is 7.02. The van der Waals surface area contributed by atoms with Gasteiger partial charge in [-0.3, -0.25) is 4.79 Å². The monoisotopic (exact) mass is 482 g/mol. The molecule has 0 fully saturated rings. The van der Waals surface area contributed by atoms with Gasteiger partial charge in [0.15, 0.2) is 0 Å². The van der Waals surface area contributed by atoms with Crippen molar-refractivity contribution in [3.05, 3.63) is 107 Å². The Morgan fingerprint density at radius 2 is 1.80 bits per heavy atom. The first-order valence-electron chi connectivity index (χ1n) is 11.1. The Balaban J connectivity index is 1.65. The van der Waals surface area contributed by atoms with Crippen molar-refractivity contribution < 1.29 is 14.3 Å². The van der Waals surface area contributed by atoms with Gasteiger partial charge >= 0.3 is 0 Å². The van der Waals surface area contributed by atoms with Crippen molar-refractivity contribution in [3.63, 3.8) is 0 Å². The summed E-state index contributed by atoms with van der Waals surface area (Å²) in [5.74, 6) is 0.759. The first-order chi connectivity index (χ1) is 17.1. The number of anilines is 1. The molecule has 174 valence electrons. The second-order valence-electron chi connectivity index (χ2n) is 7.70. The number of carbonyl (C=O) groups excluding carboxylic acids is 1. The van der Waals surface area contributed by atoms with E-state index in [9.17, 15) is 10.1 Å². The topological polar surface area (TPSA) is 71.3 Å². The van der Waals surface area contributed by atoms with E-state index in [2.05, 4.69) is 5.32 Å². The smallest absolute Gasteiger partial charge is 0.266 e. The Hall–Kier alpha value is -4.27. The summed E-state index contributed by atoms with van der Waals surface area (Å²) in [5, 5.41) is 15.0. The van der Waals surface area contributed by atoms with E-state index >= 15 is 0 Å². The third-order valence-corrected chi connectivity index (χ3v) is 5.53. The predicted molar refractivity (Wildman–Crippen MR) is 140 cm³/mol. The Bertz CT molecular complexity index is 1420. The second kappa shape index (κ2) is 11.2. The van der Waals surface area contributed by atoms with E-state index in [1.807, 2.05) is 67.6 Å². The summed E-state index contributed by atoms with van der Waals surface area (Å²) in [5.41, 5.74) is 2.09. The molecule has 4 aromatic rings. The minimum atomic E-state index is -0.509. The van der Waals surface area contributed by atoms with E-state index in [0.29, 0.717) is 41.0 Å². The van der Waals surface area contributed by atoms with Gasteiger partial charge < -0.3 is 14.8 Å². The fourth-order valence-electron chi connectivity index (χ4n) is 3.63. The number of nitriles is 1. The average molecular weight is 483 g/mol. The maximum absolute atomic E-state index is 12.9. The van der Waals surface area contributed by atoms with Crippen LogP contribution < -0.4 is 14.8 Å². The van der Waals surface area contributed by atoms with E-state index in [4.69, 9.17) is 21.1 Å². The SMILES string of the molecule is CCOc1ccc(NC(=O)/C(C#N)=C/c2c(OCc3cccc(Cl)c3)ccc3ccccc23)cc1. The summed E-state index contributed by atoms with van der Waals surface area (Å²) in [4.78, 5) is 12.9. The van der Waals surface area contributed by atoms with Crippen LogP contribution in [0, 0.1) is 11.3 Å². The fraction of sp³-hybridized carbons (Fsp3) is 0.103. The van der Waals surface area contributed by atoms with Crippen molar-refractivity contribution in [2.45, 2.75) is 13.5 Å². The number of hydrogen-bond donors (Lipinski definition) is 1. The Morgan fingerprint density at radius 1 is 1.00 bits per heavy atom. The lowest BCUT2D eigenvalue weighted by Crippen LogP contribution is -2.13. The number of benzene rings is 4. The van der Waals surface area contributed by atoms with Gasteiger partial charge in [-0.05, 0) is 71.8 Å². The molecule has 0 unspecified atom stereocenters. The molecule has 0 heterocycles. The zero-order chi connectivity index (χ0) is 24.6. The standard InChI is InChI=1S/C29H23ClN2O3/c1-2-34-25-13-11-24(12-14-25)32-29(33)22(18-31)17-27-26-9-4-3-7-21(26)10-15-28(27)35-19-20-6-5-8-23(30)16-20/h3-17H,2,19H2,1H3,(H,32,33)/b22-17+. The Labute approximate surface area is 209 Å². The number of fused-ring (bicyclic) bond motifs is 1. The van der Waals surface area contributed by atoms with Gasteiger partial charge in [-0.1, -0.05) is 54.1 Å². The van der Waals surface area contributed by atoms with Crippen LogP contribution in [0.3, 0.4) is 0 Å². The van der Waals surface area contributed by atoms with Crippen molar-refractivity contribution in [2.75, 3.05) is 11.9 Å². The summed E-state index contributed by atoms with van der Waals surface area (Å²) in [6.45, 7) is 2.75. The second-order valence-corrected chi connectivity index (χ2v) is 8.13. The Kier molecular flexibility index (Phi) is 7.67. The van der Waals surface area contributed by atoms with Gasteiger partial charge in [0.25, 0.3) is 5.91 Å². The van der Waals surface area contributed by atoms with Crippen LogP contribution in [0.5, 0.6) is 11.5 Å². The lowest BCUT2D eigenvalue weighted by atomic mass is 10.0. The minimum Gasteiger partial charge on any atom is -0.494 e. The largest absolute Gasteiger partial charge is 0.494 e. The molecule has 0 radical (unpaired) electrons. The van der Waals surface area contributed by atoms with Crippen molar-refractivity contribution in [1.29, 1.82) is 5.26 Å². The molecule has 0 spiro atoms. The summed E-state index contributed by atoms with van der Waals surface area (Å²) in [7, 11) is 0. The molecule has 5 nitrogen and oxygen atoms in total. The highest BCUT2D eigenvalue weighted by atomic mass is 35.5. The highest BCUT2D eigenvalue weighted by molar-refractivity contribution is 6.30. The highest BCUT2D eigenvalue weighted by Gasteiger charge is 2.14. The number of carbonyl (C=O) groups is 1. The molecule has 0 aromatic heterocycles. The molecule has 35 heavy (non-hydrogen) atoms. The third kappa shape index (κ3) is 6.00. The van der Waals surface area contributed by atoms with E-state index in [-0.39, 0.29) is 5.57 Å². The number of nitrogens with zero attached hydrogens (tertiary/aromatic N) is 1. The molecule has 0 aliphatic heterocycles. The third-order valence-electron chi connectivity index (χ3n) is 5.29. The van der Waals surface area contributed by atoms with E-state index in [0.717, 1.165) is 16.3 Å². The molecule has 6 heteroatoms. The maximum atomic E-state index is 12.9. The van der Waals surface area contributed by atoms with E-state index in [1.165, 1.54) is 0 Å². The molecule has 1 amide bonds. The van der Waals surface area contributed by atoms with Crippen LogP contribution >= 0.6 is 11.6 Å². The number of rotatable bonds is 8. The molecular weight excluding hydrogens is 460 g/mol. The van der Waals surface area contributed by atoms with Crippen LogP contribution in [-0.2, 0) is 11.4 Å². The number of halogens is 1. The summed E-state index contributed by atoms with van der Waals surface area (Å²) >= 11 is 6.10. The van der Waals surface area contributed by atoms with Crippen LogP contribution in [0.25, 0.3) is 16.8 Å². The molecule has 0 saturated carbocycles. The molecule has 4 aromatic carbocycles. The van der Waals surface area contributed by atoms with Crippen LogP contribution in [0.15, 0.2) is 90.5 Å². The number of nitrogens with one attached hydrogen (secondary N) is 1. The van der Waals surface area contributed by atoms with Crippen LogP contribution in [-0.4, -0.2) is 12.5 Å². The molecule has 1 N–H and O–H groups in total. The summed E-state index contributed by atoms with van der Waals surface area (Å²) in [6.07, 6.45) is 1.57. The normalized spacial score (nSPS) is 11.1. The van der Waals surface area contributed by atoms with E-state index < -0.39 is 5.91 Å². The highest BCUT2D eigenvalue weighted by Crippen LogP contribution is 2.31. The van der Waals surface area contributed by atoms with Gasteiger partial charge in [0.2, 0.25) is 0 Å². The first kappa shape index (κ1) is 23.9. The van der Waals surface area contributed by atoms with Gasteiger partial charge in [0.1, 0.15) is 29.7 Å². The molecular formula is C29H23ClN2O3. The van der Waals surface area contributed by atoms with Crippen molar-refractivity contribution in [1.82, 2.24) is 0 Å². The van der Waals surface area contributed by atoms with E-state index in [1.54, 1.807) is 36.4 Å². The van der Waals surface area contributed by atoms with Crippen LogP contribution in [0.4, 0.5) is 5.69 Å². The summed E-state index contributed by atoms with van der Waals surface area (Å²) in [6, 6.07) is 28.0. The van der Waals surface area contributed by atoms with Gasteiger partial charge in [-0.15, -0.1) is 0 Å². The lowest BCUT2D eigenvalue weighted by molar-refractivity contribution is -0.112. The van der Waals surface area contributed by atoms with Crippen molar-refractivity contribution >= 4 is 40.0 Å². The molecule has 0 saturated heterocycles. The zero-order valence-electron chi connectivity index (χ0n) is 19.1. The van der Waals surface area contributed by atoms with Crippen LogP contribution in [0.1, 0.15) is 18.1 Å². The molecule has 0 atom stereocenters. The first-order valence-corrected chi connectivity index (χ1v) is 11.5. The van der Waals surface area contributed by atoms with Gasteiger partial charge in [-0.2, -0.15) is 5.26 Å². The lowest BCUT2D eigenvalue weighted by Gasteiger charge is -2.13. The molecule has 4 rings (SSSR count). The van der Waals surface area contributed by atoms with Gasteiger partial charge in [0, 0.05) is 16.3 Å². The van der Waals surface area contributed by atoms with Crippen molar-refractivity contribution in [3.8, 4) is 17.6 Å². The average Bonchev–Trinajstić information content (AvgIpc) is 2.87. The maximum Gasteiger partial charge on any atom is 0.266 e. The quantitative estimate of drug-likeness (QED) is 0.216. The summed E-state index contributed by atoms with van der Waals surface area (Å²) < 4.78 is 11.5. The van der Waals surface area contributed by atoms with Gasteiger partial charge in [-0.25, -0.2) is 0 Å². The molecule has 0 aliphatic rings. The molecule has 0 bridgehead atoms. The van der Waals surface area contributed by atoms with Crippen molar-refractivity contribution in [2.24, 2.45) is 0 Å². The molecule has 0 aliphatic carbocycles. The minimum absolute atomic E-state index is 0.0390. The van der Waals surface area contributed by atoms with Gasteiger partial charge in [0.05, 0.1) is 6.61 Å². The zero-order valence-corrected chi connectivity index (χ0v) is 19.9. The number of hydrogen-bond acceptors (Lipinski definition) is 4. The van der Waals surface area contributed by atoms with Crippen LogP contribution in [0.2, 0.25) is 5.02 Å². The number of amides is 1. The fourth-order valence-corrected chi connectivity index (χ4v) is 3.84. The number of ether oxygens (including phenoxy) is 2. The Morgan fingerprint density at radius 3 is 2.54 bits per heavy atom.